The first-order valence-electron chi connectivity index (χ1n) is 15.2. The van der Waals surface area contributed by atoms with Crippen LogP contribution < -0.4 is 0 Å². The summed E-state index contributed by atoms with van der Waals surface area (Å²) in [5, 5.41) is 9.50. The zero-order valence-corrected chi connectivity index (χ0v) is 25.9. The summed E-state index contributed by atoms with van der Waals surface area (Å²) in [6.45, 7) is 0. The maximum atomic E-state index is 8.59. The number of hydrogen-bond donors (Lipinski definition) is 2. The van der Waals surface area contributed by atoms with Crippen molar-refractivity contribution in [2.45, 2.75) is 0 Å². The predicted molar refractivity (Wildman–Crippen MR) is 195 cm³/mol. The Morgan fingerprint density at radius 1 is 0.489 bits per heavy atom. The van der Waals surface area contributed by atoms with Gasteiger partial charge in [0.2, 0.25) is 0 Å². The molecule has 7 heteroatoms. The summed E-state index contributed by atoms with van der Waals surface area (Å²) in [4.78, 5) is 19.6. The van der Waals surface area contributed by atoms with Gasteiger partial charge in [-0.25, -0.2) is 24.3 Å². The van der Waals surface area contributed by atoms with Crippen LogP contribution in [0.25, 0.3) is 73.5 Å². The van der Waals surface area contributed by atoms with E-state index in [1.807, 2.05) is 115 Å². The molecule has 1 N–H and O–H groups in total. The van der Waals surface area contributed by atoms with Crippen LogP contribution in [0.3, 0.4) is 0 Å². The average Bonchev–Trinajstić information content (AvgIpc) is 3.15. The second-order valence-corrected chi connectivity index (χ2v) is 11.4. The lowest BCUT2D eigenvalue weighted by Crippen LogP contribution is -2.18. The first-order valence-corrected chi connectivity index (χ1v) is 15.6. The Balaban J connectivity index is 1.22. The van der Waals surface area contributed by atoms with Crippen LogP contribution in [0.2, 0.25) is 0 Å². The Morgan fingerprint density at radius 3 is 1.53 bits per heavy atom. The van der Waals surface area contributed by atoms with Gasteiger partial charge in [-0.1, -0.05) is 121 Å². The molecule has 7 aromatic rings. The van der Waals surface area contributed by atoms with Crippen molar-refractivity contribution in [1.82, 2.24) is 19.9 Å². The number of rotatable bonds is 5. The number of fused-ring (bicyclic) bond motifs is 3. The Morgan fingerprint density at radius 2 is 0.979 bits per heavy atom. The fourth-order valence-electron chi connectivity index (χ4n) is 5.92. The standard InChI is InChI=1S/C40H26N6S/c41-33-22-21-31-35(37(33)46-47)32-24-30(20-23-34(32)42-36(31)26-10-4-1-5-11-26)25-16-18-29(19-17-25)40-44-38(27-12-6-2-7-13-27)43-39(45-40)28-14-8-3-9-15-28/h1-24,41,47H. The number of aromatic nitrogens is 4. The van der Waals surface area contributed by atoms with Crippen LogP contribution in [-0.2, 0) is 0 Å². The topological polar surface area (TPSA) is 87.8 Å². The minimum absolute atomic E-state index is 0.316. The maximum Gasteiger partial charge on any atom is 0.164 e. The molecule has 0 amide bonds. The van der Waals surface area contributed by atoms with Crippen LogP contribution in [0, 0.1) is 5.41 Å². The molecule has 0 bridgehead atoms. The number of nitrogens with one attached hydrogen (secondary N) is 1. The van der Waals surface area contributed by atoms with E-state index in [0.29, 0.717) is 28.9 Å². The van der Waals surface area contributed by atoms with Crippen molar-refractivity contribution in [1.29, 1.82) is 5.41 Å². The molecule has 6 nitrogen and oxygen atoms in total. The highest BCUT2D eigenvalue weighted by molar-refractivity contribution is 7.79. The number of pyridine rings is 1. The molecule has 0 saturated carbocycles. The maximum absolute atomic E-state index is 8.59. The molecule has 0 aliphatic heterocycles. The molecule has 0 atom stereocenters. The molecule has 2 heterocycles. The molecule has 0 saturated heterocycles. The van der Waals surface area contributed by atoms with Gasteiger partial charge in [-0.3, -0.25) is 5.41 Å². The number of hydrogen-bond acceptors (Lipinski definition) is 7. The van der Waals surface area contributed by atoms with E-state index in [2.05, 4.69) is 41.5 Å². The van der Waals surface area contributed by atoms with Crippen molar-refractivity contribution >= 4 is 41.2 Å². The highest BCUT2D eigenvalue weighted by atomic mass is 32.1. The quantitative estimate of drug-likeness (QED) is 0.187. The Kier molecular flexibility index (Phi) is 7.28. The van der Waals surface area contributed by atoms with Crippen LogP contribution >= 0.6 is 12.8 Å². The van der Waals surface area contributed by atoms with Gasteiger partial charge in [-0.05, 0) is 48.2 Å². The molecule has 0 radical (unpaired) electrons. The third-order valence-electron chi connectivity index (χ3n) is 8.25. The largest absolute Gasteiger partial charge is 0.299 e. The van der Waals surface area contributed by atoms with E-state index in [1.54, 1.807) is 6.08 Å². The van der Waals surface area contributed by atoms with Crippen molar-refractivity contribution in [3.8, 4) is 56.5 Å². The van der Waals surface area contributed by atoms with Crippen molar-refractivity contribution in [2.75, 3.05) is 0 Å². The lowest BCUT2D eigenvalue weighted by Gasteiger charge is -2.20. The van der Waals surface area contributed by atoms with E-state index >= 15 is 0 Å². The lowest BCUT2D eigenvalue weighted by molar-refractivity contribution is 1.07. The second kappa shape index (κ2) is 12.0. The van der Waals surface area contributed by atoms with Gasteiger partial charge in [-0.2, -0.15) is 0 Å². The van der Waals surface area contributed by atoms with Crippen molar-refractivity contribution in [3.63, 3.8) is 0 Å². The average molecular weight is 623 g/mol. The SMILES string of the molecule is N=C1C=Cc2c(-c3ccccc3)nc3ccc(-c4ccc(-c5nc(-c6ccccc6)nc(-c6ccccc6)n5)cc4)cc3c2C1=NS. The van der Waals surface area contributed by atoms with Crippen LogP contribution in [-0.4, -0.2) is 31.4 Å². The summed E-state index contributed by atoms with van der Waals surface area (Å²) >= 11 is 4.27. The third-order valence-corrected chi connectivity index (χ3v) is 8.45. The van der Waals surface area contributed by atoms with Crippen molar-refractivity contribution in [3.05, 3.63) is 151 Å². The summed E-state index contributed by atoms with van der Waals surface area (Å²) in [5.74, 6) is 1.86. The van der Waals surface area contributed by atoms with E-state index in [1.165, 1.54) is 0 Å². The molecule has 1 aliphatic carbocycles. The third kappa shape index (κ3) is 5.32. The predicted octanol–water partition coefficient (Wildman–Crippen LogP) is 9.44. The summed E-state index contributed by atoms with van der Waals surface area (Å²) < 4.78 is 4.25. The molecule has 1 aliphatic rings. The van der Waals surface area contributed by atoms with Gasteiger partial charge in [0.15, 0.2) is 17.5 Å². The highest BCUT2D eigenvalue weighted by Gasteiger charge is 2.24. The number of thiol groups is 1. The van der Waals surface area contributed by atoms with Gasteiger partial charge in [0, 0.05) is 38.8 Å². The molecule has 0 spiro atoms. The number of benzene rings is 5. The zero-order chi connectivity index (χ0) is 31.7. The van der Waals surface area contributed by atoms with Crippen LogP contribution in [0.1, 0.15) is 11.1 Å². The summed E-state index contributed by atoms with van der Waals surface area (Å²) in [6, 6.07) is 44.5. The fraction of sp³-hybridized carbons (Fsp3) is 0. The molecule has 0 unspecified atom stereocenters. The van der Waals surface area contributed by atoms with Gasteiger partial charge in [0.25, 0.3) is 0 Å². The van der Waals surface area contributed by atoms with Crippen LogP contribution in [0.4, 0.5) is 0 Å². The molecule has 8 rings (SSSR count). The monoisotopic (exact) mass is 622 g/mol. The van der Waals surface area contributed by atoms with Gasteiger partial charge in [-0.15, -0.1) is 0 Å². The Hall–Kier alpha value is -6.05. The number of allylic oxidation sites excluding steroid dienone is 1. The molecule has 0 fully saturated rings. The van der Waals surface area contributed by atoms with Crippen LogP contribution in [0.15, 0.2) is 144 Å². The zero-order valence-electron chi connectivity index (χ0n) is 25.0. The van der Waals surface area contributed by atoms with Crippen LogP contribution in [0.5, 0.6) is 0 Å². The van der Waals surface area contributed by atoms with E-state index in [-0.39, 0.29) is 0 Å². The fourth-order valence-corrected chi connectivity index (χ4v) is 6.13. The number of nitrogens with zero attached hydrogens (tertiary/aromatic N) is 5. The van der Waals surface area contributed by atoms with Gasteiger partial charge in [0.05, 0.1) is 16.9 Å². The minimum atomic E-state index is 0.316. The molecule has 47 heavy (non-hydrogen) atoms. The summed E-state index contributed by atoms with van der Waals surface area (Å²) in [7, 11) is 0. The van der Waals surface area contributed by atoms with Crippen molar-refractivity contribution < 1.29 is 0 Å². The molecule has 222 valence electrons. The highest BCUT2D eigenvalue weighted by Crippen LogP contribution is 2.36. The summed E-state index contributed by atoms with van der Waals surface area (Å²) in [5.41, 5.74) is 10.1. The van der Waals surface area contributed by atoms with E-state index in [0.717, 1.165) is 61.1 Å². The smallest absolute Gasteiger partial charge is 0.164 e. The molecular formula is C40H26N6S. The molecular weight excluding hydrogens is 597 g/mol. The van der Waals surface area contributed by atoms with Gasteiger partial charge >= 0.3 is 0 Å². The van der Waals surface area contributed by atoms with E-state index in [9.17, 15) is 0 Å². The van der Waals surface area contributed by atoms with Gasteiger partial charge in [0.1, 0.15) is 5.71 Å². The minimum Gasteiger partial charge on any atom is -0.299 e. The summed E-state index contributed by atoms with van der Waals surface area (Å²) in [6.07, 6.45) is 3.71. The van der Waals surface area contributed by atoms with Crippen molar-refractivity contribution in [2.24, 2.45) is 4.40 Å². The van der Waals surface area contributed by atoms with E-state index in [4.69, 9.17) is 25.3 Å². The molecule has 5 aromatic carbocycles. The second-order valence-electron chi connectivity index (χ2n) is 11.2. The Bertz CT molecular complexity index is 2290. The van der Waals surface area contributed by atoms with Gasteiger partial charge < -0.3 is 0 Å². The first kappa shape index (κ1) is 28.4. The molecule has 2 aromatic heterocycles. The normalized spacial score (nSPS) is 13.2. The first-order chi connectivity index (χ1) is 23.2. The Labute approximate surface area is 277 Å². The van der Waals surface area contributed by atoms with E-state index < -0.39 is 0 Å². The lowest BCUT2D eigenvalue weighted by atomic mass is 9.87.